The summed E-state index contributed by atoms with van der Waals surface area (Å²) in [4.78, 5) is 37.8. The molecular weight excluding hydrogens is 697 g/mol. The van der Waals surface area contributed by atoms with Crippen molar-refractivity contribution in [3.8, 4) is 0 Å². The third-order valence-corrected chi connectivity index (χ3v) is 9.73. The second-order valence-corrected chi connectivity index (χ2v) is 15.3. The number of allylic oxidation sites excluding steroid dienone is 10. The highest BCUT2D eigenvalue weighted by Gasteiger charge is 2.19. The Hall–Kier alpha value is -2.89. The summed E-state index contributed by atoms with van der Waals surface area (Å²) in [5, 5.41) is 0. The maximum absolute atomic E-state index is 12.7. The van der Waals surface area contributed by atoms with Gasteiger partial charge in [-0.2, -0.15) is 0 Å². The van der Waals surface area contributed by atoms with Gasteiger partial charge in [-0.1, -0.05) is 165 Å². The summed E-state index contributed by atoms with van der Waals surface area (Å²) in [6, 6.07) is 0. The first-order chi connectivity index (χ1) is 27.5. The SMILES string of the molecule is CC/C=C\C/C=C\C/C=C\CCCCCCCC(=O)OC[C@@H](COC(=O)CCCCCCC/C=C\CCCC)OC(=O)CCCCCCC/C=C\CCCCC. The van der Waals surface area contributed by atoms with Gasteiger partial charge in [0.1, 0.15) is 13.2 Å². The number of hydrogen-bond donors (Lipinski definition) is 0. The molecule has 0 saturated carbocycles. The zero-order valence-electron chi connectivity index (χ0n) is 36.6. The van der Waals surface area contributed by atoms with Gasteiger partial charge in [-0.15, -0.1) is 0 Å². The largest absolute Gasteiger partial charge is 0.462 e. The van der Waals surface area contributed by atoms with Crippen LogP contribution in [0, 0.1) is 0 Å². The summed E-state index contributed by atoms with van der Waals surface area (Å²) in [7, 11) is 0. The maximum atomic E-state index is 12.7. The minimum Gasteiger partial charge on any atom is -0.462 e. The average molecular weight is 783 g/mol. The van der Waals surface area contributed by atoms with Crippen LogP contribution in [-0.4, -0.2) is 37.2 Å². The molecule has 0 aromatic heterocycles. The van der Waals surface area contributed by atoms with E-state index in [1.165, 1.54) is 64.2 Å². The molecule has 6 heteroatoms. The quantitative estimate of drug-likeness (QED) is 0.0266. The third kappa shape index (κ3) is 42.3. The van der Waals surface area contributed by atoms with Gasteiger partial charge < -0.3 is 14.2 Å². The molecule has 0 aliphatic carbocycles. The fourth-order valence-electron chi connectivity index (χ4n) is 6.19. The van der Waals surface area contributed by atoms with Crippen LogP contribution in [0.2, 0.25) is 0 Å². The minimum atomic E-state index is -0.786. The summed E-state index contributed by atoms with van der Waals surface area (Å²) in [5.41, 5.74) is 0. The van der Waals surface area contributed by atoms with Gasteiger partial charge in [0, 0.05) is 19.3 Å². The molecule has 0 N–H and O–H groups in total. The number of esters is 3. The van der Waals surface area contributed by atoms with E-state index in [1.807, 2.05) is 0 Å². The topological polar surface area (TPSA) is 78.9 Å². The normalized spacial score (nSPS) is 12.6. The minimum absolute atomic E-state index is 0.0881. The average Bonchev–Trinajstić information content (AvgIpc) is 3.19. The van der Waals surface area contributed by atoms with Gasteiger partial charge in [0.2, 0.25) is 0 Å². The van der Waals surface area contributed by atoms with Crippen molar-refractivity contribution >= 4 is 17.9 Å². The van der Waals surface area contributed by atoms with E-state index in [9.17, 15) is 14.4 Å². The molecule has 0 aromatic carbocycles. The number of carbonyl (C=O) groups excluding carboxylic acids is 3. The van der Waals surface area contributed by atoms with Crippen LogP contribution in [0.4, 0.5) is 0 Å². The van der Waals surface area contributed by atoms with Crippen molar-refractivity contribution in [2.45, 2.75) is 226 Å². The molecule has 322 valence electrons. The van der Waals surface area contributed by atoms with Crippen LogP contribution < -0.4 is 0 Å². The van der Waals surface area contributed by atoms with E-state index in [0.29, 0.717) is 19.3 Å². The number of hydrogen-bond acceptors (Lipinski definition) is 6. The summed E-state index contributed by atoms with van der Waals surface area (Å²) in [6.07, 6.45) is 53.4. The van der Waals surface area contributed by atoms with Crippen molar-refractivity contribution in [2.75, 3.05) is 13.2 Å². The van der Waals surface area contributed by atoms with Crippen molar-refractivity contribution in [1.29, 1.82) is 0 Å². The number of ether oxygens (including phenoxy) is 3. The molecule has 0 radical (unpaired) electrons. The Morgan fingerprint density at radius 3 is 1.16 bits per heavy atom. The summed E-state index contributed by atoms with van der Waals surface area (Å²) < 4.78 is 16.7. The summed E-state index contributed by atoms with van der Waals surface area (Å²) in [6.45, 7) is 6.42. The van der Waals surface area contributed by atoms with E-state index in [0.717, 1.165) is 116 Å². The fourth-order valence-corrected chi connectivity index (χ4v) is 6.19. The molecule has 0 bridgehead atoms. The van der Waals surface area contributed by atoms with Crippen LogP contribution in [0.25, 0.3) is 0 Å². The van der Waals surface area contributed by atoms with Crippen LogP contribution >= 0.6 is 0 Å². The zero-order valence-corrected chi connectivity index (χ0v) is 36.6. The highest BCUT2D eigenvalue weighted by atomic mass is 16.6. The van der Waals surface area contributed by atoms with E-state index >= 15 is 0 Å². The number of rotatable bonds is 41. The van der Waals surface area contributed by atoms with Crippen molar-refractivity contribution in [2.24, 2.45) is 0 Å². The molecule has 1 atom stereocenters. The van der Waals surface area contributed by atoms with E-state index < -0.39 is 6.10 Å². The molecule has 0 fully saturated rings. The predicted molar refractivity (Wildman–Crippen MR) is 238 cm³/mol. The van der Waals surface area contributed by atoms with Crippen LogP contribution in [0.5, 0.6) is 0 Å². The van der Waals surface area contributed by atoms with E-state index in [1.54, 1.807) is 0 Å². The monoisotopic (exact) mass is 783 g/mol. The lowest BCUT2D eigenvalue weighted by Crippen LogP contribution is -2.30. The molecular formula is C50H86O6. The summed E-state index contributed by atoms with van der Waals surface area (Å²) >= 11 is 0. The lowest BCUT2D eigenvalue weighted by molar-refractivity contribution is -0.167. The molecule has 0 unspecified atom stereocenters. The third-order valence-electron chi connectivity index (χ3n) is 9.73. The Kier molecular flexibility index (Phi) is 42.5. The predicted octanol–water partition coefficient (Wildman–Crippen LogP) is 14.9. The van der Waals surface area contributed by atoms with E-state index in [4.69, 9.17) is 14.2 Å². The van der Waals surface area contributed by atoms with Crippen LogP contribution in [0.3, 0.4) is 0 Å². The van der Waals surface area contributed by atoms with Crippen molar-refractivity contribution in [1.82, 2.24) is 0 Å². The first kappa shape index (κ1) is 53.1. The summed E-state index contributed by atoms with van der Waals surface area (Å²) in [5.74, 6) is -0.927. The zero-order chi connectivity index (χ0) is 40.8. The van der Waals surface area contributed by atoms with E-state index in [2.05, 4.69) is 81.5 Å². The van der Waals surface area contributed by atoms with Gasteiger partial charge in [0.15, 0.2) is 6.10 Å². The number of carbonyl (C=O) groups is 3. The second-order valence-electron chi connectivity index (χ2n) is 15.3. The Labute approximate surface area is 345 Å². The molecule has 0 aliphatic rings. The van der Waals surface area contributed by atoms with E-state index in [-0.39, 0.29) is 31.1 Å². The van der Waals surface area contributed by atoms with Gasteiger partial charge >= 0.3 is 17.9 Å². The van der Waals surface area contributed by atoms with Crippen LogP contribution in [0.15, 0.2) is 60.8 Å². The van der Waals surface area contributed by atoms with Gasteiger partial charge in [0.25, 0.3) is 0 Å². The molecule has 0 amide bonds. The lowest BCUT2D eigenvalue weighted by Gasteiger charge is -2.18. The smallest absolute Gasteiger partial charge is 0.306 e. The van der Waals surface area contributed by atoms with Gasteiger partial charge in [-0.3, -0.25) is 14.4 Å². The van der Waals surface area contributed by atoms with Crippen molar-refractivity contribution < 1.29 is 28.6 Å². The first-order valence-corrected chi connectivity index (χ1v) is 23.3. The Bertz CT molecular complexity index is 1040. The fraction of sp³-hybridized carbons (Fsp3) is 0.740. The maximum Gasteiger partial charge on any atom is 0.306 e. The lowest BCUT2D eigenvalue weighted by atomic mass is 10.1. The molecule has 0 aliphatic heterocycles. The van der Waals surface area contributed by atoms with Crippen molar-refractivity contribution in [3.63, 3.8) is 0 Å². The molecule has 56 heavy (non-hydrogen) atoms. The molecule has 6 nitrogen and oxygen atoms in total. The molecule has 0 rings (SSSR count). The number of unbranched alkanes of at least 4 members (excludes halogenated alkanes) is 20. The Balaban J connectivity index is 4.42. The molecule has 0 saturated heterocycles. The first-order valence-electron chi connectivity index (χ1n) is 23.3. The second kappa shape index (κ2) is 44.8. The van der Waals surface area contributed by atoms with Crippen LogP contribution in [-0.2, 0) is 28.6 Å². The highest BCUT2D eigenvalue weighted by molar-refractivity contribution is 5.71. The standard InChI is InChI=1S/C50H86O6/c1-4-7-10-13-16-19-22-24-25-26-29-31-34-37-40-43-49(52)55-46-47(45-54-48(51)42-39-36-33-30-27-21-18-15-12-9-6-3)56-50(53)44-41-38-35-32-28-23-20-17-14-11-8-5-2/h7,10,15-20,24-25,47H,4-6,8-9,11-14,21-23,26-46H2,1-3H3/b10-7-,18-15-,19-16-,20-17-,25-24-/t47-/m1/s1. The Morgan fingerprint density at radius 2 is 0.714 bits per heavy atom. The van der Waals surface area contributed by atoms with Gasteiger partial charge in [-0.05, 0) is 96.3 Å². The van der Waals surface area contributed by atoms with Gasteiger partial charge in [-0.25, -0.2) is 0 Å². The van der Waals surface area contributed by atoms with Gasteiger partial charge in [0.05, 0.1) is 0 Å². The molecule has 0 spiro atoms. The van der Waals surface area contributed by atoms with Crippen molar-refractivity contribution in [3.05, 3.63) is 60.8 Å². The Morgan fingerprint density at radius 1 is 0.375 bits per heavy atom. The molecule has 0 heterocycles. The van der Waals surface area contributed by atoms with Crippen LogP contribution in [0.1, 0.15) is 220 Å². The molecule has 0 aromatic rings. The highest BCUT2D eigenvalue weighted by Crippen LogP contribution is 2.13.